The molecule has 0 bridgehead atoms. The molecule has 0 amide bonds. The van der Waals surface area contributed by atoms with Crippen molar-refractivity contribution in [3.63, 3.8) is 0 Å². The standard InChI is InChI=1S/C15H22N2O/c1-3-15(2,10-12-18)17-14(9-11-16)13-7-5-4-6-8-13/h4-8,14,17-18H,3,9-10,12H2,1-2H3. The number of nitrogens with zero attached hydrogens (tertiary/aromatic N) is 1. The van der Waals surface area contributed by atoms with E-state index in [4.69, 9.17) is 10.4 Å². The molecule has 0 aromatic heterocycles. The van der Waals surface area contributed by atoms with Crippen LogP contribution in [0.25, 0.3) is 0 Å². The lowest BCUT2D eigenvalue weighted by Gasteiger charge is -2.33. The van der Waals surface area contributed by atoms with Crippen LogP contribution in [-0.4, -0.2) is 17.3 Å². The van der Waals surface area contributed by atoms with Crippen LogP contribution in [0, 0.1) is 11.3 Å². The molecule has 0 saturated carbocycles. The van der Waals surface area contributed by atoms with Gasteiger partial charge in [0, 0.05) is 18.2 Å². The van der Waals surface area contributed by atoms with E-state index < -0.39 is 0 Å². The van der Waals surface area contributed by atoms with Gasteiger partial charge in [0.15, 0.2) is 0 Å². The number of hydrogen-bond donors (Lipinski definition) is 2. The first-order chi connectivity index (χ1) is 8.65. The highest BCUT2D eigenvalue weighted by atomic mass is 16.3. The maximum absolute atomic E-state index is 9.14. The molecule has 3 heteroatoms. The second kappa shape index (κ2) is 7.15. The molecule has 0 spiro atoms. The molecule has 18 heavy (non-hydrogen) atoms. The Hall–Kier alpha value is -1.37. The minimum absolute atomic E-state index is 0.0210. The summed E-state index contributed by atoms with van der Waals surface area (Å²) in [5, 5.41) is 21.6. The normalized spacial score (nSPS) is 15.7. The molecule has 0 aliphatic heterocycles. The van der Waals surface area contributed by atoms with Crippen LogP contribution in [-0.2, 0) is 0 Å². The summed E-state index contributed by atoms with van der Waals surface area (Å²) in [6.07, 6.45) is 2.05. The first-order valence-corrected chi connectivity index (χ1v) is 6.45. The second-order valence-corrected chi connectivity index (χ2v) is 4.86. The number of nitrogens with one attached hydrogen (secondary N) is 1. The van der Waals surface area contributed by atoms with E-state index in [0.29, 0.717) is 12.8 Å². The van der Waals surface area contributed by atoms with Crippen molar-refractivity contribution in [1.29, 1.82) is 5.26 Å². The number of rotatable bonds is 7. The van der Waals surface area contributed by atoms with Crippen LogP contribution in [0.1, 0.15) is 44.7 Å². The van der Waals surface area contributed by atoms with Crippen molar-refractivity contribution in [2.45, 2.75) is 44.7 Å². The highest BCUT2D eigenvalue weighted by Gasteiger charge is 2.25. The monoisotopic (exact) mass is 246 g/mol. The number of benzene rings is 1. The fraction of sp³-hybridized carbons (Fsp3) is 0.533. The summed E-state index contributed by atoms with van der Waals surface area (Å²) in [4.78, 5) is 0. The van der Waals surface area contributed by atoms with Crippen LogP contribution >= 0.6 is 0 Å². The summed E-state index contributed by atoms with van der Waals surface area (Å²) in [5.41, 5.74) is 0.989. The summed E-state index contributed by atoms with van der Waals surface area (Å²) in [6, 6.07) is 12.3. The number of nitriles is 1. The van der Waals surface area contributed by atoms with E-state index in [9.17, 15) is 0 Å². The summed E-state index contributed by atoms with van der Waals surface area (Å²) < 4.78 is 0. The lowest BCUT2D eigenvalue weighted by Crippen LogP contribution is -2.44. The van der Waals surface area contributed by atoms with E-state index in [0.717, 1.165) is 12.0 Å². The molecule has 0 saturated heterocycles. The lowest BCUT2D eigenvalue weighted by molar-refractivity contribution is 0.202. The van der Waals surface area contributed by atoms with Crippen LogP contribution in [0.2, 0.25) is 0 Å². The molecule has 0 radical (unpaired) electrons. The van der Waals surface area contributed by atoms with Gasteiger partial charge in [0.2, 0.25) is 0 Å². The molecule has 0 fully saturated rings. The smallest absolute Gasteiger partial charge is 0.0641 e. The van der Waals surface area contributed by atoms with E-state index in [2.05, 4.69) is 25.2 Å². The Morgan fingerprint density at radius 2 is 2.06 bits per heavy atom. The van der Waals surface area contributed by atoms with Crippen LogP contribution in [0.5, 0.6) is 0 Å². The molecular weight excluding hydrogens is 224 g/mol. The van der Waals surface area contributed by atoms with Crippen molar-refractivity contribution >= 4 is 0 Å². The van der Waals surface area contributed by atoms with Crippen molar-refractivity contribution in [1.82, 2.24) is 5.32 Å². The zero-order valence-electron chi connectivity index (χ0n) is 11.2. The van der Waals surface area contributed by atoms with Gasteiger partial charge in [-0.1, -0.05) is 37.3 Å². The van der Waals surface area contributed by atoms with Crippen molar-refractivity contribution in [2.75, 3.05) is 6.61 Å². The second-order valence-electron chi connectivity index (χ2n) is 4.86. The molecule has 98 valence electrons. The fourth-order valence-corrected chi connectivity index (χ4v) is 2.05. The Morgan fingerprint density at radius 1 is 1.39 bits per heavy atom. The molecule has 1 aromatic rings. The Kier molecular flexibility index (Phi) is 5.84. The van der Waals surface area contributed by atoms with Gasteiger partial charge in [0.05, 0.1) is 12.5 Å². The predicted molar refractivity (Wildman–Crippen MR) is 72.9 cm³/mol. The zero-order chi connectivity index (χ0) is 13.4. The first-order valence-electron chi connectivity index (χ1n) is 6.45. The molecule has 0 aliphatic carbocycles. The van der Waals surface area contributed by atoms with E-state index in [1.54, 1.807) is 0 Å². The number of aliphatic hydroxyl groups is 1. The van der Waals surface area contributed by atoms with E-state index in [1.165, 1.54) is 0 Å². The van der Waals surface area contributed by atoms with Crippen molar-refractivity contribution in [3.05, 3.63) is 35.9 Å². The minimum atomic E-state index is -0.133. The van der Waals surface area contributed by atoms with Gasteiger partial charge in [-0.15, -0.1) is 0 Å². The third kappa shape index (κ3) is 4.14. The van der Waals surface area contributed by atoms with Gasteiger partial charge in [-0.25, -0.2) is 0 Å². The summed E-state index contributed by atoms with van der Waals surface area (Å²) in [6.45, 7) is 4.35. The van der Waals surface area contributed by atoms with Gasteiger partial charge in [0.1, 0.15) is 0 Å². The zero-order valence-corrected chi connectivity index (χ0v) is 11.2. The van der Waals surface area contributed by atoms with Crippen LogP contribution in [0.4, 0.5) is 0 Å². The topological polar surface area (TPSA) is 56.0 Å². The average molecular weight is 246 g/mol. The Morgan fingerprint density at radius 3 is 2.56 bits per heavy atom. The Labute approximate surface area is 109 Å². The maximum atomic E-state index is 9.14. The summed E-state index contributed by atoms with van der Waals surface area (Å²) in [7, 11) is 0. The quantitative estimate of drug-likeness (QED) is 0.777. The molecule has 1 rings (SSSR count). The molecule has 2 atom stereocenters. The van der Waals surface area contributed by atoms with Crippen molar-refractivity contribution in [2.24, 2.45) is 0 Å². The number of aliphatic hydroxyl groups excluding tert-OH is 1. The Balaban J connectivity index is 2.84. The van der Waals surface area contributed by atoms with Gasteiger partial charge in [-0.05, 0) is 25.3 Å². The Bertz CT molecular complexity index is 385. The van der Waals surface area contributed by atoms with Gasteiger partial charge >= 0.3 is 0 Å². The largest absolute Gasteiger partial charge is 0.396 e. The molecule has 0 aliphatic rings. The molecule has 3 nitrogen and oxygen atoms in total. The van der Waals surface area contributed by atoms with Crippen LogP contribution in [0.15, 0.2) is 30.3 Å². The fourth-order valence-electron chi connectivity index (χ4n) is 2.05. The number of hydrogen-bond acceptors (Lipinski definition) is 3. The molecule has 2 N–H and O–H groups in total. The molecule has 2 unspecified atom stereocenters. The highest BCUT2D eigenvalue weighted by Crippen LogP contribution is 2.23. The lowest BCUT2D eigenvalue weighted by atomic mass is 9.91. The van der Waals surface area contributed by atoms with Gasteiger partial charge in [0.25, 0.3) is 0 Å². The van der Waals surface area contributed by atoms with Crippen LogP contribution < -0.4 is 5.32 Å². The highest BCUT2D eigenvalue weighted by molar-refractivity contribution is 5.20. The van der Waals surface area contributed by atoms with Crippen molar-refractivity contribution in [3.8, 4) is 6.07 Å². The van der Waals surface area contributed by atoms with Gasteiger partial charge in [-0.3, -0.25) is 0 Å². The third-order valence-corrected chi connectivity index (χ3v) is 3.46. The van der Waals surface area contributed by atoms with Gasteiger partial charge in [-0.2, -0.15) is 5.26 Å². The average Bonchev–Trinajstić information content (AvgIpc) is 2.40. The van der Waals surface area contributed by atoms with Gasteiger partial charge < -0.3 is 10.4 Å². The maximum Gasteiger partial charge on any atom is 0.0641 e. The molecule has 1 aromatic carbocycles. The minimum Gasteiger partial charge on any atom is -0.396 e. The molecule has 0 heterocycles. The summed E-state index contributed by atoms with van der Waals surface area (Å²) in [5.74, 6) is 0. The third-order valence-electron chi connectivity index (χ3n) is 3.46. The van der Waals surface area contributed by atoms with Crippen LogP contribution in [0.3, 0.4) is 0 Å². The van der Waals surface area contributed by atoms with E-state index in [1.807, 2.05) is 30.3 Å². The van der Waals surface area contributed by atoms with Crippen molar-refractivity contribution < 1.29 is 5.11 Å². The van der Waals surface area contributed by atoms with E-state index in [-0.39, 0.29) is 18.2 Å². The SMILES string of the molecule is CCC(C)(CCO)NC(CC#N)c1ccccc1. The molecular formula is C15H22N2O. The van der Waals surface area contributed by atoms with E-state index >= 15 is 0 Å². The summed E-state index contributed by atoms with van der Waals surface area (Å²) >= 11 is 0. The predicted octanol–water partition coefficient (Wildman–Crippen LogP) is 2.78. The first kappa shape index (κ1) is 14.7.